The molecule has 13 nitrogen and oxygen atoms in total. The third kappa shape index (κ3) is 6.09. The van der Waals surface area contributed by atoms with Crippen LogP contribution in [0.3, 0.4) is 0 Å². The monoisotopic (exact) mass is 389 g/mol. The summed E-state index contributed by atoms with van der Waals surface area (Å²) in [6.07, 6.45) is -3.34. The van der Waals surface area contributed by atoms with Gasteiger partial charge in [-0.3, -0.25) is 19.2 Å². The molecule has 0 saturated carbocycles. The number of hydrogen-bond acceptors (Lipinski definition) is 9. The highest BCUT2D eigenvalue weighted by atomic mass is 16.4. The minimum Gasteiger partial charge on any atom is -0.480 e. The summed E-state index contributed by atoms with van der Waals surface area (Å²) in [5, 5.41) is 18.4. The Hall–Kier alpha value is -2.90. The van der Waals surface area contributed by atoms with Crippen molar-refractivity contribution in [3.8, 4) is 0 Å². The van der Waals surface area contributed by atoms with Gasteiger partial charge in [0.05, 0.1) is 6.04 Å². The molecule has 0 aromatic carbocycles. The van der Waals surface area contributed by atoms with Crippen molar-refractivity contribution in [1.29, 1.82) is 0 Å². The van der Waals surface area contributed by atoms with Crippen LogP contribution in [0.5, 0.6) is 0 Å². The highest BCUT2D eigenvalue weighted by molar-refractivity contribution is 6.13. The number of carboxylic acids is 2. The normalized spacial score (nSPS) is 16.4. The van der Waals surface area contributed by atoms with Gasteiger partial charge in [-0.05, 0) is 12.8 Å². The maximum absolute atomic E-state index is 12.3. The van der Waals surface area contributed by atoms with Gasteiger partial charge in [0.15, 0.2) is 22.6 Å². The fourth-order valence-corrected chi connectivity index (χ4v) is 2.15. The maximum Gasteiger partial charge on any atom is 0.331 e. The summed E-state index contributed by atoms with van der Waals surface area (Å²) in [4.78, 5) is 68.9. The molecule has 0 saturated heterocycles. The first kappa shape index (κ1) is 24.1. The van der Waals surface area contributed by atoms with E-state index in [9.17, 15) is 33.9 Å². The van der Waals surface area contributed by atoms with Gasteiger partial charge in [0.1, 0.15) is 0 Å². The minimum absolute atomic E-state index is 0.522. The molecular formula is C14H23N5O8. The van der Waals surface area contributed by atoms with Gasteiger partial charge < -0.3 is 38.9 Å². The van der Waals surface area contributed by atoms with E-state index in [2.05, 4.69) is 0 Å². The predicted octanol–water partition coefficient (Wildman–Crippen LogP) is -4.06. The van der Waals surface area contributed by atoms with E-state index in [0.29, 0.717) is 0 Å². The van der Waals surface area contributed by atoms with Gasteiger partial charge >= 0.3 is 11.9 Å². The average Bonchev–Trinajstić information content (AvgIpc) is 2.55. The van der Waals surface area contributed by atoms with Gasteiger partial charge in [-0.25, -0.2) is 9.59 Å². The number of amides is 2. The third-order valence-corrected chi connectivity index (χ3v) is 3.97. The highest BCUT2D eigenvalue weighted by Crippen LogP contribution is 2.19. The molecule has 0 aliphatic rings. The molecule has 3 unspecified atom stereocenters. The van der Waals surface area contributed by atoms with Gasteiger partial charge in [0.2, 0.25) is 11.8 Å². The van der Waals surface area contributed by atoms with Crippen LogP contribution < -0.4 is 28.7 Å². The summed E-state index contributed by atoms with van der Waals surface area (Å²) in [5.41, 5.74) is 21.2. The molecule has 0 heterocycles. The van der Waals surface area contributed by atoms with Crippen molar-refractivity contribution in [3.05, 3.63) is 0 Å². The van der Waals surface area contributed by atoms with E-state index in [1.165, 1.54) is 0 Å². The van der Waals surface area contributed by atoms with Crippen LogP contribution in [0.4, 0.5) is 0 Å². The number of hydrogen-bond donors (Lipinski definition) is 7. The van der Waals surface area contributed by atoms with Crippen LogP contribution in [0.2, 0.25) is 0 Å². The molecule has 3 atom stereocenters. The highest BCUT2D eigenvalue weighted by Gasteiger charge is 2.47. The molecule has 0 aromatic rings. The summed E-state index contributed by atoms with van der Waals surface area (Å²) in [5.74, 6) is -7.94. The Labute approximate surface area is 153 Å². The van der Waals surface area contributed by atoms with Gasteiger partial charge in [0.25, 0.3) is 0 Å². The zero-order valence-corrected chi connectivity index (χ0v) is 14.3. The topological polar surface area (TPSA) is 273 Å². The van der Waals surface area contributed by atoms with E-state index in [4.69, 9.17) is 33.8 Å². The summed E-state index contributed by atoms with van der Waals surface area (Å²) in [7, 11) is 0. The Kier molecular flexibility index (Phi) is 8.17. The lowest BCUT2D eigenvalue weighted by Gasteiger charge is -2.28. The van der Waals surface area contributed by atoms with Gasteiger partial charge in [-0.2, -0.15) is 0 Å². The van der Waals surface area contributed by atoms with E-state index in [-0.39, 0.29) is 0 Å². The lowest BCUT2D eigenvalue weighted by molar-refractivity contribution is -0.152. The fourth-order valence-electron chi connectivity index (χ4n) is 2.15. The fraction of sp³-hybridized carbons (Fsp3) is 0.571. The first-order chi connectivity index (χ1) is 12.2. The molecular weight excluding hydrogens is 366 g/mol. The van der Waals surface area contributed by atoms with E-state index < -0.39 is 84.5 Å². The number of ketones is 2. The summed E-state index contributed by atoms with van der Waals surface area (Å²) in [6, 6.07) is -1.82. The molecule has 12 N–H and O–H groups in total. The largest absolute Gasteiger partial charge is 0.480 e. The van der Waals surface area contributed by atoms with E-state index in [1.807, 2.05) is 0 Å². The zero-order valence-electron chi connectivity index (χ0n) is 14.3. The Bertz CT molecular complexity index is 666. The molecule has 0 spiro atoms. The lowest BCUT2D eigenvalue weighted by atomic mass is 9.81. The number of nitrogens with two attached hydrogens (primary N) is 5. The zero-order chi connectivity index (χ0) is 21.6. The quantitative estimate of drug-likeness (QED) is 0.149. The molecule has 0 bridgehead atoms. The summed E-state index contributed by atoms with van der Waals surface area (Å²) >= 11 is 0. The molecule has 0 aliphatic carbocycles. The van der Waals surface area contributed by atoms with Gasteiger partial charge in [0, 0.05) is 19.3 Å². The SMILES string of the molecule is NC(=O)CCC(N)(C(=O)O)C(=O)CC(N)C(=O)C(N)(CCC(N)=O)C(=O)O. The predicted molar refractivity (Wildman–Crippen MR) is 88.6 cm³/mol. The molecule has 152 valence electrons. The van der Waals surface area contributed by atoms with Crippen LogP contribution in [0.15, 0.2) is 0 Å². The Morgan fingerprint density at radius 1 is 0.778 bits per heavy atom. The van der Waals surface area contributed by atoms with E-state index in [0.717, 1.165) is 0 Å². The molecule has 0 fully saturated rings. The number of rotatable bonds is 13. The second-order valence-electron chi connectivity index (χ2n) is 6.08. The van der Waals surface area contributed by atoms with Crippen LogP contribution in [-0.4, -0.2) is 62.7 Å². The van der Waals surface area contributed by atoms with Crippen molar-refractivity contribution in [1.82, 2.24) is 0 Å². The van der Waals surface area contributed by atoms with Crippen molar-refractivity contribution < 1.29 is 39.0 Å². The van der Waals surface area contributed by atoms with Gasteiger partial charge in [-0.15, -0.1) is 0 Å². The third-order valence-electron chi connectivity index (χ3n) is 3.97. The van der Waals surface area contributed by atoms with E-state index >= 15 is 0 Å². The smallest absolute Gasteiger partial charge is 0.331 e. The summed E-state index contributed by atoms with van der Waals surface area (Å²) in [6.45, 7) is 0. The van der Waals surface area contributed by atoms with Crippen LogP contribution in [0.25, 0.3) is 0 Å². The number of aliphatic carboxylic acids is 2. The minimum atomic E-state index is -2.61. The number of carbonyl (C=O) groups is 6. The number of primary amides is 2. The van der Waals surface area contributed by atoms with Crippen molar-refractivity contribution >= 4 is 35.3 Å². The first-order valence-corrected chi connectivity index (χ1v) is 7.62. The standard InChI is InChI=1S/C14H23N5O8/c15-6(10(23)14(19,12(26)27)4-2-9(17)22)5-7(20)13(18,11(24)25)3-1-8(16)21/h6H,1-5,15,18-19H2,(H2,16,21)(H2,17,22)(H,24,25)(H,26,27). The van der Waals surface area contributed by atoms with Crippen LogP contribution >= 0.6 is 0 Å². The molecule has 2 amide bonds. The maximum atomic E-state index is 12.3. The number of carboxylic acid groups (broad SMARTS) is 2. The van der Waals surface area contributed by atoms with Crippen molar-refractivity contribution in [3.63, 3.8) is 0 Å². The van der Waals surface area contributed by atoms with Crippen LogP contribution in [-0.2, 0) is 28.8 Å². The van der Waals surface area contributed by atoms with Crippen molar-refractivity contribution in [2.24, 2.45) is 28.7 Å². The van der Waals surface area contributed by atoms with Crippen LogP contribution in [0, 0.1) is 0 Å². The van der Waals surface area contributed by atoms with Crippen molar-refractivity contribution in [2.75, 3.05) is 0 Å². The van der Waals surface area contributed by atoms with Gasteiger partial charge in [-0.1, -0.05) is 0 Å². The molecule has 0 radical (unpaired) electrons. The number of Topliss-reactive ketones (excluding diaryl/α,β-unsaturated/α-hetero) is 2. The van der Waals surface area contributed by atoms with Crippen molar-refractivity contribution in [2.45, 2.75) is 49.2 Å². The summed E-state index contributed by atoms with van der Waals surface area (Å²) < 4.78 is 0. The Morgan fingerprint density at radius 3 is 1.48 bits per heavy atom. The van der Waals surface area contributed by atoms with Crippen LogP contribution in [0.1, 0.15) is 32.1 Å². The number of carbonyl (C=O) groups excluding carboxylic acids is 4. The molecule has 0 rings (SSSR count). The molecule has 0 aromatic heterocycles. The average molecular weight is 389 g/mol. The van der Waals surface area contributed by atoms with E-state index in [1.54, 1.807) is 0 Å². The Balaban J connectivity index is 5.43. The Morgan fingerprint density at radius 2 is 1.15 bits per heavy atom. The molecule has 0 aliphatic heterocycles. The lowest BCUT2D eigenvalue weighted by Crippen LogP contribution is -2.62. The second kappa shape index (κ2) is 9.16. The first-order valence-electron chi connectivity index (χ1n) is 7.62. The molecule has 13 heteroatoms. The molecule has 27 heavy (non-hydrogen) atoms. The second-order valence-corrected chi connectivity index (χ2v) is 6.08.